The zero-order chi connectivity index (χ0) is 15.4. The Labute approximate surface area is 128 Å². The number of nitrogens with one attached hydrogen (secondary N) is 1. The van der Waals surface area contributed by atoms with Gasteiger partial charge < -0.3 is 15.8 Å². The van der Waals surface area contributed by atoms with Crippen molar-refractivity contribution in [3.63, 3.8) is 0 Å². The molecule has 0 amide bonds. The highest BCUT2D eigenvalue weighted by Gasteiger charge is 2.11. The van der Waals surface area contributed by atoms with Crippen molar-refractivity contribution in [2.24, 2.45) is 0 Å². The van der Waals surface area contributed by atoms with E-state index in [0.29, 0.717) is 29.0 Å². The second kappa shape index (κ2) is 6.09. The second-order valence-corrected chi connectivity index (χ2v) is 4.65. The van der Waals surface area contributed by atoms with E-state index in [4.69, 9.17) is 10.5 Å². The molecule has 22 heavy (non-hydrogen) atoms. The molecule has 2 heterocycles. The Morgan fingerprint density at radius 1 is 0.955 bits per heavy atom. The molecule has 3 aromatic rings. The summed E-state index contributed by atoms with van der Waals surface area (Å²) in [5.41, 5.74) is 7.41. The Kier molecular flexibility index (Phi) is 3.82. The lowest BCUT2D eigenvalue weighted by Crippen LogP contribution is -2.04. The maximum absolute atomic E-state index is 6.09. The van der Waals surface area contributed by atoms with E-state index in [0.717, 1.165) is 5.56 Å². The fourth-order valence-electron chi connectivity index (χ4n) is 1.89. The summed E-state index contributed by atoms with van der Waals surface area (Å²) < 4.78 is 5.68. The minimum atomic E-state index is 0.303. The SMILES string of the molecule is Cc1cccnc1Nc1ncnc(Oc2ccccc2)c1N. The number of benzene rings is 1. The molecule has 0 aliphatic heterocycles. The van der Waals surface area contributed by atoms with E-state index in [1.165, 1.54) is 6.33 Å². The lowest BCUT2D eigenvalue weighted by molar-refractivity contribution is 0.464. The number of nitrogens with zero attached hydrogens (tertiary/aromatic N) is 3. The average Bonchev–Trinajstić information content (AvgIpc) is 2.54. The highest BCUT2D eigenvalue weighted by Crippen LogP contribution is 2.30. The molecule has 0 saturated carbocycles. The first-order valence-electron chi connectivity index (χ1n) is 6.76. The Hall–Kier alpha value is -3.15. The van der Waals surface area contributed by atoms with Crippen molar-refractivity contribution in [2.45, 2.75) is 6.92 Å². The molecule has 0 aliphatic carbocycles. The third-order valence-corrected chi connectivity index (χ3v) is 3.05. The van der Waals surface area contributed by atoms with Gasteiger partial charge in [-0.25, -0.2) is 9.97 Å². The maximum atomic E-state index is 6.09. The number of aromatic nitrogens is 3. The van der Waals surface area contributed by atoms with Crippen molar-refractivity contribution in [3.05, 3.63) is 60.6 Å². The number of anilines is 3. The number of rotatable bonds is 4. The lowest BCUT2D eigenvalue weighted by Gasteiger charge is -2.12. The van der Waals surface area contributed by atoms with Crippen molar-refractivity contribution >= 4 is 17.3 Å². The molecule has 0 radical (unpaired) electrons. The molecule has 0 unspecified atom stereocenters. The van der Waals surface area contributed by atoms with Crippen molar-refractivity contribution in [2.75, 3.05) is 11.1 Å². The van der Waals surface area contributed by atoms with Crippen molar-refractivity contribution in [1.82, 2.24) is 15.0 Å². The molecular weight excluding hydrogens is 278 g/mol. The van der Waals surface area contributed by atoms with Gasteiger partial charge in [0.05, 0.1) is 0 Å². The minimum Gasteiger partial charge on any atom is -0.437 e. The molecule has 3 N–H and O–H groups in total. The number of nitrogens with two attached hydrogens (primary N) is 1. The highest BCUT2D eigenvalue weighted by atomic mass is 16.5. The third kappa shape index (κ3) is 2.95. The molecule has 0 spiro atoms. The smallest absolute Gasteiger partial charge is 0.248 e. The van der Waals surface area contributed by atoms with Gasteiger partial charge in [-0.2, -0.15) is 4.98 Å². The van der Waals surface area contributed by atoms with Crippen LogP contribution in [-0.4, -0.2) is 15.0 Å². The van der Waals surface area contributed by atoms with E-state index in [9.17, 15) is 0 Å². The first-order valence-corrected chi connectivity index (χ1v) is 6.76. The lowest BCUT2D eigenvalue weighted by atomic mass is 10.3. The van der Waals surface area contributed by atoms with E-state index < -0.39 is 0 Å². The topological polar surface area (TPSA) is 86.0 Å². The van der Waals surface area contributed by atoms with Crippen molar-refractivity contribution in [3.8, 4) is 11.6 Å². The molecule has 0 bridgehead atoms. The van der Waals surface area contributed by atoms with Gasteiger partial charge in [0.25, 0.3) is 0 Å². The summed E-state index contributed by atoms with van der Waals surface area (Å²) in [4.78, 5) is 12.5. The standard InChI is InChI=1S/C16H15N5O/c1-11-6-5-9-18-14(11)21-15-13(17)16(20-10-19-15)22-12-7-3-2-4-8-12/h2-10H,17H2,1H3,(H,18,19,20,21). The summed E-state index contributed by atoms with van der Waals surface area (Å²) in [5, 5.41) is 3.10. The summed E-state index contributed by atoms with van der Waals surface area (Å²) in [5.74, 6) is 2.12. The largest absolute Gasteiger partial charge is 0.437 e. The fourth-order valence-corrected chi connectivity index (χ4v) is 1.89. The van der Waals surface area contributed by atoms with Gasteiger partial charge in [0, 0.05) is 6.20 Å². The predicted molar refractivity (Wildman–Crippen MR) is 85.2 cm³/mol. The summed E-state index contributed by atoms with van der Waals surface area (Å²) in [7, 11) is 0. The average molecular weight is 293 g/mol. The molecule has 0 atom stereocenters. The van der Waals surface area contributed by atoms with E-state index >= 15 is 0 Å². The summed E-state index contributed by atoms with van der Waals surface area (Å²) in [6.45, 7) is 1.95. The Morgan fingerprint density at radius 3 is 2.55 bits per heavy atom. The van der Waals surface area contributed by atoms with Gasteiger partial charge in [-0.3, -0.25) is 0 Å². The second-order valence-electron chi connectivity index (χ2n) is 4.65. The first-order chi connectivity index (χ1) is 10.7. The van der Waals surface area contributed by atoms with E-state index in [1.54, 1.807) is 6.20 Å². The van der Waals surface area contributed by atoms with Crippen molar-refractivity contribution < 1.29 is 4.74 Å². The Balaban J connectivity index is 1.88. The van der Waals surface area contributed by atoms with Gasteiger partial charge in [-0.1, -0.05) is 24.3 Å². The van der Waals surface area contributed by atoms with Crippen LogP contribution in [0.4, 0.5) is 17.3 Å². The zero-order valence-corrected chi connectivity index (χ0v) is 12.0. The number of hydrogen-bond acceptors (Lipinski definition) is 6. The quantitative estimate of drug-likeness (QED) is 0.767. The molecule has 3 rings (SSSR count). The number of pyridine rings is 1. The van der Waals surface area contributed by atoms with Crippen LogP contribution in [0.25, 0.3) is 0 Å². The monoisotopic (exact) mass is 293 g/mol. The van der Waals surface area contributed by atoms with Gasteiger partial charge in [0.2, 0.25) is 5.88 Å². The van der Waals surface area contributed by atoms with Gasteiger partial charge in [0.1, 0.15) is 23.6 Å². The van der Waals surface area contributed by atoms with Crippen LogP contribution < -0.4 is 15.8 Å². The van der Waals surface area contributed by atoms with Crippen LogP contribution in [0.3, 0.4) is 0 Å². The van der Waals surface area contributed by atoms with Crippen LogP contribution in [0.5, 0.6) is 11.6 Å². The van der Waals surface area contributed by atoms with Gasteiger partial charge in [-0.15, -0.1) is 0 Å². The van der Waals surface area contributed by atoms with Crippen molar-refractivity contribution in [1.29, 1.82) is 0 Å². The number of hydrogen-bond donors (Lipinski definition) is 2. The molecule has 0 aliphatic rings. The molecular formula is C16H15N5O. The molecule has 0 saturated heterocycles. The van der Waals surface area contributed by atoms with Crippen LogP contribution in [0, 0.1) is 6.92 Å². The summed E-state index contributed by atoms with van der Waals surface area (Å²) >= 11 is 0. The Morgan fingerprint density at radius 2 is 1.77 bits per heavy atom. The van der Waals surface area contributed by atoms with Crippen LogP contribution in [0.2, 0.25) is 0 Å². The zero-order valence-electron chi connectivity index (χ0n) is 12.0. The number of para-hydroxylation sites is 1. The van der Waals surface area contributed by atoms with Crippen LogP contribution >= 0.6 is 0 Å². The van der Waals surface area contributed by atoms with Gasteiger partial charge in [-0.05, 0) is 30.7 Å². The predicted octanol–water partition coefficient (Wildman–Crippen LogP) is 3.30. The third-order valence-electron chi connectivity index (χ3n) is 3.05. The van der Waals surface area contributed by atoms with Crippen LogP contribution in [0.15, 0.2) is 55.0 Å². The molecule has 6 heteroatoms. The molecule has 6 nitrogen and oxygen atoms in total. The van der Waals surface area contributed by atoms with E-state index in [1.807, 2.05) is 49.4 Å². The molecule has 0 fully saturated rings. The Bertz CT molecular complexity index is 776. The van der Waals surface area contributed by atoms with Gasteiger partial charge >= 0.3 is 0 Å². The molecule has 2 aromatic heterocycles. The van der Waals surface area contributed by atoms with Gasteiger partial charge in [0.15, 0.2) is 5.82 Å². The van der Waals surface area contributed by atoms with E-state index in [2.05, 4.69) is 20.3 Å². The first kappa shape index (κ1) is 13.8. The summed E-state index contributed by atoms with van der Waals surface area (Å²) in [6.07, 6.45) is 3.10. The van der Waals surface area contributed by atoms with Crippen LogP contribution in [-0.2, 0) is 0 Å². The minimum absolute atomic E-state index is 0.303. The number of aryl methyl sites for hydroxylation is 1. The summed E-state index contributed by atoms with van der Waals surface area (Å²) in [6, 6.07) is 13.1. The number of nitrogen functional groups attached to an aromatic ring is 1. The fraction of sp³-hybridized carbons (Fsp3) is 0.0625. The molecule has 110 valence electrons. The van der Waals surface area contributed by atoms with E-state index in [-0.39, 0.29) is 0 Å². The normalized spacial score (nSPS) is 10.2. The maximum Gasteiger partial charge on any atom is 0.248 e. The van der Waals surface area contributed by atoms with Crippen LogP contribution in [0.1, 0.15) is 5.56 Å². The molecule has 1 aromatic carbocycles. The number of ether oxygens (including phenoxy) is 1. The highest BCUT2D eigenvalue weighted by molar-refractivity contribution is 5.72.